The fourth-order valence-electron chi connectivity index (χ4n) is 3.52. The highest BCUT2D eigenvalue weighted by atomic mass is 16.5. The van der Waals surface area contributed by atoms with Crippen LogP contribution < -0.4 is 15.8 Å². The van der Waals surface area contributed by atoms with Gasteiger partial charge in [-0.2, -0.15) is 0 Å². The summed E-state index contributed by atoms with van der Waals surface area (Å²) in [5.41, 5.74) is 0.820. The quantitative estimate of drug-likeness (QED) is 0.552. The molecule has 2 amide bonds. The van der Waals surface area contributed by atoms with Crippen molar-refractivity contribution in [3.63, 3.8) is 0 Å². The predicted octanol–water partition coefficient (Wildman–Crippen LogP) is 0.0546. The maximum absolute atomic E-state index is 12.8. The van der Waals surface area contributed by atoms with Crippen LogP contribution in [0.2, 0.25) is 0 Å². The maximum atomic E-state index is 12.8. The number of fused-ring (bicyclic) bond motifs is 2. The minimum absolute atomic E-state index is 0.146. The summed E-state index contributed by atoms with van der Waals surface area (Å²) in [7, 11) is 3.20. The van der Waals surface area contributed by atoms with Gasteiger partial charge in [0.2, 0.25) is 5.43 Å². The average molecular weight is 438 g/mol. The van der Waals surface area contributed by atoms with Crippen molar-refractivity contribution < 1.29 is 19.4 Å². The van der Waals surface area contributed by atoms with Crippen molar-refractivity contribution in [2.45, 2.75) is 6.54 Å². The van der Waals surface area contributed by atoms with Crippen molar-refractivity contribution in [2.24, 2.45) is 0 Å². The molecule has 2 N–H and O–H groups in total. The van der Waals surface area contributed by atoms with Crippen molar-refractivity contribution in [1.82, 2.24) is 24.9 Å². The number of nitrogens with one attached hydrogen (secondary N) is 1. The topological polar surface area (TPSA) is 130 Å². The van der Waals surface area contributed by atoms with Crippen LogP contribution in [0, 0.1) is 0 Å². The Bertz CT molecular complexity index is 1260. The fourth-order valence-corrected chi connectivity index (χ4v) is 3.52. The van der Waals surface area contributed by atoms with E-state index in [-0.39, 0.29) is 24.5 Å². The number of carbonyl (C=O) groups excluding carboxylic acids is 2. The second-order valence-electron chi connectivity index (χ2n) is 7.34. The van der Waals surface area contributed by atoms with E-state index in [4.69, 9.17) is 4.74 Å². The van der Waals surface area contributed by atoms with E-state index in [1.165, 1.54) is 22.9 Å². The number of aromatic nitrogens is 3. The van der Waals surface area contributed by atoms with E-state index in [1.54, 1.807) is 42.6 Å². The lowest BCUT2D eigenvalue weighted by atomic mass is 10.1. The number of pyridine rings is 1. The Balaban J connectivity index is 1.58. The van der Waals surface area contributed by atoms with E-state index in [2.05, 4.69) is 15.3 Å². The summed E-state index contributed by atoms with van der Waals surface area (Å²) < 4.78 is 6.33. The normalized spacial score (nSPS) is 13.4. The van der Waals surface area contributed by atoms with Crippen molar-refractivity contribution in [3.8, 4) is 5.75 Å². The zero-order chi connectivity index (χ0) is 22.8. The first kappa shape index (κ1) is 21.2. The number of rotatable bonds is 6. The van der Waals surface area contributed by atoms with Crippen LogP contribution in [0.15, 0.2) is 41.6 Å². The smallest absolute Gasteiger partial charge is 0.277 e. The molecule has 0 atom stereocenters. The van der Waals surface area contributed by atoms with Crippen LogP contribution in [0.1, 0.15) is 26.4 Å². The molecule has 4 rings (SSSR count). The molecule has 1 aliphatic rings. The second-order valence-corrected chi connectivity index (χ2v) is 7.34. The Morgan fingerprint density at radius 1 is 1.22 bits per heavy atom. The van der Waals surface area contributed by atoms with Gasteiger partial charge in [-0.25, -0.2) is 0 Å². The van der Waals surface area contributed by atoms with Gasteiger partial charge in [0, 0.05) is 45.8 Å². The molecule has 0 saturated carbocycles. The average Bonchev–Trinajstić information content (AvgIpc) is 2.80. The van der Waals surface area contributed by atoms with E-state index in [9.17, 15) is 19.5 Å². The number of nitrogens with zero attached hydrogens (tertiary/aromatic N) is 5. The molecule has 1 aliphatic heterocycles. The molecule has 11 heteroatoms. The Kier molecular flexibility index (Phi) is 5.73. The third-order valence-electron chi connectivity index (χ3n) is 5.19. The minimum atomic E-state index is -0.909. The summed E-state index contributed by atoms with van der Waals surface area (Å²) in [6.45, 7) is 0.959. The summed E-state index contributed by atoms with van der Waals surface area (Å²) in [5.74, 6) is -1.95. The third-order valence-corrected chi connectivity index (χ3v) is 5.19. The zero-order valence-electron chi connectivity index (χ0n) is 17.6. The van der Waals surface area contributed by atoms with E-state index in [1.807, 2.05) is 0 Å². The van der Waals surface area contributed by atoms with Crippen LogP contribution >= 0.6 is 0 Å². The zero-order valence-corrected chi connectivity index (χ0v) is 17.6. The first-order valence-corrected chi connectivity index (χ1v) is 9.86. The van der Waals surface area contributed by atoms with Gasteiger partial charge in [0.05, 0.1) is 17.6 Å². The van der Waals surface area contributed by atoms with Gasteiger partial charge in [-0.3, -0.25) is 34.0 Å². The molecule has 0 bridgehead atoms. The highest BCUT2D eigenvalue weighted by Crippen LogP contribution is 2.20. The van der Waals surface area contributed by atoms with Gasteiger partial charge in [0.25, 0.3) is 11.8 Å². The van der Waals surface area contributed by atoms with E-state index in [0.717, 1.165) is 11.1 Å². The van der Waals surface area contributed by atoms with E-state index >= 15 is 0 Å². The monoisotopic (exact) mass is 438 g/mol. The lowest BCUT2D eigenvalue weighted by molar-refractivity contribution is 0.0629. The molecular weight excluding hydrogens is 416 g/mol. The number of benzene rings is 1. The SMILES string of the molecule is COCCN1CN(C)n2cc(C(=O)NCc3ccc4nccnc4c3)c(=O)c(O)c2C1=O. The predicted molar refractivity (Wildman–Crippen MR) is 115 cm³/mol. The number of hydrogen-bond donors (Lipinski definition) is 2. The van der Waals surface area contributed by atoms with Crippen LogP contribution in [0.4, 0.5) is 0 Å². The van der Waals surface area contributed by atoms with Gasteiger partial charge in [-0.1, -0.05) is 6.07 Å². The summed E-state index contributed by atoms with van der Waals surface area (Å²) in [6.07, 6.45) is 4.44. The molecule has 0 fully saturated rings. The first-order valence-electron chi connectivity index (χ1n) is 9.86. The fraction of sp³-hybridized carbons (Fsp3) is 0.286. The highest BCUT2D eigenvalue weighted by molar-refractivity contribution is 5.99. The van der Waals surface area contributed by atoms with Gasteiger partial charge in [0.1, 0.15) is 12.2 Å². The standard InChI is InChI=1S/C21H22N6O5/c1-25-12-26(7-8-32-2)21(31)17-19(29)18(28)14(11-27(17)25)20(30)24-10-13-3-4-15-16(9-13)23-6-5-22-15/h3-6,9,11,29H,7-8,10,12H2,1-2H3,(H,24,30). The van der Waals surface area contributed by atoms with Crippen LogP contribution in [0.5, 0.6) is 5.75 Å². The lowest BCUT2D eigenvalue weighted by Crippen LogP contribution is -2.53. The van der Waals surface area contributed by atoms with Crippen LogP contribution in [-0.2, 0) is 11.3 Å². The van der Waals surface area contributed by atoms with Gasteiger partial charge in [-0.05, 0) is 17.7 Å². The van der Waals surface area contributed by atoms with E-state index < -0.39 is 23.0 Å². The van der Waals surface area contributed by atoms with Crippen molar-refractivity contribution in [1.29, 1.82) is 0 Å². The van der Waals surface area contributed by atoms with Crippen molar-refractivity contribution >= 4 is 22.8 Å². The number of ether oxygens (including phenoxy) is 1. The van der Waals surface area contributed by atoms with Crippen molar-refractivity contribution in [3.05, 3.63) is 63.8 Å². The molecule has 0 aliphatic carbocycles. The first-order chi connectivity index (χ1) is 15.4. The molecule has 0 spiro atoms. The number of aromatic hydroxyl groups is 1. The molecule has 11 nitrogen and oxygen atoms in total. The summed E-state index contributed by atoms with van der Waals surface area (Å²) in [5, 5.41) is 14.8. The molecule has 1 aromatic carbocycles. The van der Waals surface area contributed by atoms with Gasteiger partial charge in [-0.15, -0.1) is 0 Å². The van der Waals surface area contributed by atoms with Crippen molar-refractivity contribution in [2.75, 3.05) is 39.0 Å². The summed E-state index contributed by atoms with van der Waals surface area (Å²) >= 11 is 0. The Labute approximate surface area is 182 Å². The third kappa shape index (κ3) is 3.85. The van der Waals surface area contributed by atoms with Gasteiger partial charge >= 0.3 is 0 Å². The molecule has 32 heavy (non-hydrogen) atoms. The Hall–Kier alpha value is -3.99. The second kappa shape index (κ2) is 8.63. The number of carbonyl (C=O) groups is 2. The molecule has 0 radical (unpaired) electrons. The summed E-state index contributed by atoms with van der Waals surface area (Å²) in [4.78, 5) is 48.1. The number of hydrogen-bond acceptors (Lipinski definition) is 8. The summed E-state index contributed by atoms with van der Waals surface area (Å²) in [6, 6.07) is 5.38. The Morgan fingerprint density at radius 2 is 1.97 bits per heavy atom. The van der Waals surface area contributed by atoms with Gasteiger partial charge < -0.3 is 20.1 Å². The molecule has 3 aromatic rings. The number of amides is 2. The molecule has 0 unspecified atom stereocenters. The highest BCUT2D eigenvalue weighted by Gasteiger charge is 2.32. The Morgan fingerprint density at radius 3 is 2.72 bits per heavy atom. The molecule has 3 heterocycles. The molecule has 166 valence electrons. The van der Waals surface area contributed by atoms with Gasteiger partial charge in [0.15, 0.2) is 11.4 Å². The van der Waals surface area contributed by atoms with Crippen LogP contribution in [0.25, 0.3) is 11.0 Å². The maximum Gasteiger partial charge on any atom is 0.277 e. The molecule has 0 saturated heterocycles. The lowest BCUT2D eigenvalue weighted by Gasteiger charge is -2.37. The van der Waals surface area contributed by atoms with E-state index in [0.29, 0.717) is 18.7 Å². The van der Waals surface area contributed by atoms with Crippen LogP contribution in [0.3, 0.4) is 0 Å². The molecule has 2 aromatic heterocycles. The number of methoxy groups -OCH3 is 1. The van der Waals surface area contributed by atoms with Crippen LogP contribution in [-0.4, -0.2) is 70.4 Å². The molecular formula is C21H22N6O5. The largest absolute Gasteiger partial charge is 0.502 e. The minimum Gasteiger partial charge on any atom is -0.502 e.